The minimum atomic E-state index is -0.262. The van der Waals surface area contributed by atoms with Gasteiger partial charge in [-0.3, -0.25) is 9.59 Å². The van der Waals surface area contributed by atoms with Gasteiger partial charge in [0, 0.05) is 18.7 Å². The number of thiophene rings is 2. The van der Waals surface area contributed by atoms with E-state index in [4.69, 9.17) is 14.7 Å². The number of benzene rings is 1. The van der Waals surface area contributed by atoms with Crippen molar-refractivity contribution in [3.63, 3.8) is 0 Å². The number of esters is 1. The average Bonchev–Trinajstić information content (AvgIpc) is 3.57. The highest BCUT2D eigenvalue weighted by atomic mass is 32.1. The number of carbonyl (C=O) groups is 2. The van der Waals surface area contributed by atoms with Crippen LogP contribution in [0.5, 0.6) is 0 Å². The Morgan fingerprint density at radius 3 is 2.36 bits per heavy atom. The van der Waals surface area contributed by atoms with Crippen LogP contribution in [-0.4, -0.2) is 46.4 Å². The average molecular weight is 478 g/mol. The molecule has 6 nitrogen and oxygen atoms in total. The predicted molar refractivity (Wildman–Crippen MR) is 131 cm³/mol. The van der Waals surface area contributed by atoms with Crippen LogP contribution in [0.4, 0.5) is 0 Å². The Morgan fingerprint density at radius 1 is 1.03 bits per heavy atom. The van der Waals surface area contributed by atoms with Crippen LogP contribution in [-0.2, 0) is 9.53 Å². The number of aromatic nitrogens is 2. The number of hydrogen-bond acceptors (Lipinski definition) is 7. The molecule has 0 spiro atoms. The number of ether oxygens (including phenoxy) is 1. The van der Waals surface area contributed by atoms with Gasteiger partial charge >= 0.3 is 5.97 Å². The van der Waals surface area contributed by atoms with E-state index in [2.05, 4.69) is 0 Å². The Labute approximate surface area is 199 Å². The lowest BCUT2D eigenvalue weighted by Gasteiger charge is -2.31. The molecule has 0 bridgehead atoms. The molecule has 1 aliphatic heterocycles. The van der Waals surface area contributed by atoms with Crippen molar-refractivity contribution < 1.29 is 14.3 Å². The summed E-state index contributed by atoms with van der Waals surface area (Å²) in [6, 6.07) is 13.6. The Hall–Kier alpha value is -3.10. The molecule has 1 amide bonds. The molecule has 0 radical (unpaired) electrons. The van der Waals surface area contributed by atoms with Crippen molar-refractivity contribution in [2.24, 2.45) is 5.92 Å². The highest BCUT2D eigenvalue weighted by molar-refractivity contribution is 7.14. The van der Waals surface area contributed by atoms with E-state index in [9.17, 15) is 9.59 Å². The second kappa shape index (κ2) is 9.41. The maximum Gasteiger partial charge on any atom is 0.310 e. The summed E-state index contributed by atoms with van der Waals surface area (Å²) in [5.41, 5.74) is 3.67. The number of amides is 1. The fourth-order valence-electron chi connectivity index (χ4n) is 4.15. The molecule has 1 fully saturated rings. The summed E-state index contributed by atoms with van der Waals surface area (Å²) < 4.78 is 5.17. The van der Waals surface area contributed by atoms with Gasteiger partial charge in [0.25, 0.3) is 5.91 Å². The zero-order valence-electron chi connectivity index (χ0n) is 18.2. The van der Waals surface area contributed by atoms with Gasteiger partial charge in [0.2, 0.25) is 0 Å². The maximum absolute atomic E-state index is 13.3. The highest BCUT2D eigenvalue weighted by Crippen LogP contribution is 2.35. The minimum absolute atomic E-state index is 0.0901. The van der Waals surface area contributed by atoms with Crippen molar-refractivity contribution in [2.75, 3.05) is 19.7 Å². The lowest BCUT2D eigenvalue weighted by Crippen LogP contribution is -2.42. The van der Waals surface area contributed by atoms with Gasteiger partial charge in [-0.25, -0.2) is 9.97 Å². The number of rotatable bonds is 5. The second-order valence-electron chi connectivity index (χ2n) is 7.92. The van der Waals surface area contributed by atoms with Crippen molar-refractivity contribution in [3.05, 3.63) is 58.8 Å². The number of fused-ring (bicyclic) bond motifs is 1. The van der Waals surface area contributed by atoms with Crippen LogP contribution < -0.4 is 0 Å². The minimum Gasteiger partial charge on any atom is -0.466 e. The molecule has 3 aromatic heterocycles. The summed E-state index contributed by atoms with van der Waals surface area (Å²) in [7, 11) is 0. The Bertz CT molecular complexity index is 1290. The molecule has 33 heavy (non-hydrogen) atoms. The Balaban J connectivity index is 1.49. The lowest BCUT2D eigenvalue weighted by molar-refractivity contribution is -0.149. The predicted octanol–water partition coefficient (Wildman–Crippen LogP) is 5.50. The van der Waals surface area contributed by atoms with Crippen LogP contribution >= 0.6 is 22.7 Å². The van der Waals surface area contributed by atoms with E-state index >= 15 is 0 Å². The first-order valence-electron chi connectivity index (χ1n) is 11.0. The maximum atomic E-state index is 13.3. The molecular weight excluding hydrogens is 454 g/mol. The molecule has 1 atom stereocenters. The molecule has 0 saturated carbocycles. The Morgan fingerprint density at radius 2 is 1.73 bits per heavy atom. The zero-order chi connectivity index (χ0) is 22.8. The fraction of sp³-hybridized carbons (Fsp3) is 0.280. The molecule has 0 aliphatic carbocycles. The summed E-state index contributed by atoms with van der Waals surface area (Å²) >= 11 is 3.25. The van der Waals surface area contributed by atoms with Crippen molar-refractivity contribution in [1.29, 1.82) is 0 Å². The van der Waals surface area contributed by atoms with Crippen LogP contribution in [0.3, 0.4) is 0 Å². The van der Waals surface area contributed by atoms with E-state index < -0.39 is 0 Å². The molecule has 4 heterocycles. The lowest BCUT2D eigenvalue weighted by atomic mass is 9.97. The smallest absolute Gasteiger partial charge is 0.310 e. The van der Waals surface area contributed by atoms with Crippen molar-refractivity contribution in [1.82, 2.24) is 14.9 Å². The number of likely N-dealkylation sites (tertiary alicyclic amines) is 1. The first kappa shape index (κ1) is 21.7. The van der Waals surface area contributed by atoms with Crippen LogP contribution in [0.25, 0.3) is 32.2 Å². The van der Waals surface area contributed by atoms with Crippen molar-refractivity contribution in [2.45, 2.75) is 19.8 Å². The van der Waals surface area contributed by atoms with Crippen molar-refractivity contribution >= 4 is 45.6 Å². The first-order chi connectivity index (χ1) is 16.1. The quantitative estimate of drug-likeness (QED) is 0.355. The molecule has 1 aliphatic rings. The molecule has 0 N–H and O–H groups in total. The molecular formula is C25H23N3O3S2. The van der Waals surface area contributed by atoms with E-state index in [-0.39, 0.29) is 17.8 Å². The zero-order valence-corrected chi connectivity index (χ0v) is 19.8. The number of nitrogens with zero attached hydrogens (tertiary/aromatic N) is 3. The summed E-state index contributed by atoms with van der Waals surface area (Å²) in [6.07, 6.45) is 1.54. The van der Waals surface area contributed by atoms with E-state index in [0.29, 0.717) is 30.8 Å². The van der Waals surface area contributed by atoms with Gasteiger partial charge in [-0.1, -0.05) is 12.1 Å². The van der Waals surface area contributed by atoms with Gasteiger partial charge in [0.05, 0.1) is 33.3 Å². The largest absolute Gasteiger partial charge is 0.466 e. The van der Waals surface area contributed by atoms with Crippen molar-refractivity contribution in [3.8, 4) is 21.1 Å². The van der Waals surface area contributed by atoms with Crippen LogP contribution in [0.1, 0.15) is 30.1 Å². The second-order valence-corrected chi connectivity index (χ2v) is 9.82. The van der Waals surface area contributed by atoms with Gasteiger partial charge in [-0.15, -0.1) is 22.7 Å². The monoisotopic (exact) mass is 477 g/mol. The van der Waals surface area contributed by atoms with Gasteiger partial charge in [0.15, 0.2) is 0 Å². The normalized spacial score (nSPS) is 16.2. The van der Waals surface area contributed by atoms with Crippen LogP contribution in [0.2, 0.25) is 0 Å². The number of hydrogen-bond donors (Lipinski definition) is 0. The molecule has 1 unspecified atom stereocenters. The van der Waals surface area contributed by atoms with E-state index in [1.54, 1.807) is 40.6 Å². The molecule has 4 aromatic rings. The van der Waals surface area contributed by atoms with Gasteiger partial charge < -0.3 is 9.64 Å². The Kier molecular flexibility index (Phi) is 6.20. The summed E-state index contributed by atoms with van der Waals surface area (Å²) in [5, 5.41) is 4.05. The third-order valence-corrected chi connectivity index (χ3v) is 7.50. The molecule has 5 rings (SSSR count). The summed E-state index contributed by atoms with van der Waals surface area (Å²) in [5.74, 6) is -0.574. The van der Waals surface area contributed by atoms with Gasteiger partial charge in [-0.2, -0.15) is 0 Å². The topological polar surface area (TPSA) is 72.4 Å². The highest BCUT2D eigenvalue weighted by Gasteiger charge is 2.30. The summed E-state index contributed by atoms with van der Waals surface area (Å²) in [6.45, 7) is 3.18. The first-order valence-corrected chi connectivity index (χ1v) is 12.8. The third kappa shape index (κ3) is 4.41. The van der Waals surface area contributed by atoms with E-state index in [1.165, 1.54) is 0 Å². The summed E-state index contributed by atoms with van der Waals surface area (Å²) in [4.78, 5) is 39.1. The van der Waals surface area contributed by atoms with Crippen LogP contribution in [0, 0.1) is 5.92 Å². The number of carbonyl (C=O) groups excluding carboxylic acids is 2. The SMILES string of the molecule is CCOC(=O)C1CCCN(C(=O)c2ccc3nc(-c4cccs4)c(-c4cccs4)nc3c2)C1. The molecule has 1 aromatic carbocycles. The molecule has 8 heteroatoms. The third-order valence-electron chi connectivity index (χ3n) is 5.75. The fourth-order valence-corrected chi connectivity index (χ4v) is 5.58. The van der Waals surface area contributed by atoms with Crippen LogP contribution in [0.15, 0.2) is 53.2 Å². The standard InChI is InChI=1S/C25H23N3O3S2/c1-2-31-25(30)17-6-3-11-28(15-17)24(29)16-9-10-18-19(14-16)27-23(21-8-5-13-33-21)22(26-18)20-7-4-12-32-20/h4-5,7-10,12-14,17H,2-3,6,11,15H2,1H3. The molecule has 1 saturated heterocycles. The number of piperidine rings is 1. The molecule has 168 valence electrons. The van der Waals surface area contributed by atoms with E-state index in [1.807, 2.05) is 47.2 Å². The van der Waals surface area contributed by atoms with Gasteiger partial charge in [0.1, 0.15) is 11.4 Å². The van der Waals surface area contributed by atoms with E-state index in [0.717, 1.165) is 39.5 Å². The van der Waals surface area contributed by atoms with Gasteiger partial charge in [-0.05, 0) is 60.9 Å².